The Morgan fingerprint density at radius 1 is 0.773 bits per heavy atom. The lowest BCUT2D eigenvalue weighted by Gasteiger charge is -2.21. The van der Waals surface area contributed by atoms with Crippen molar-refractivity contribution in [3.63, 3.8) is 0 Å². The molecule has 2 nitrogen and oxygen atoms in total. The molecule has 0 aromatic rings. The third kappa shape index (κ3) is 6.00. The topological polar surface area (TPSA) is 40.5 Å². The zero-order valence-corrected chi connectivity index (χ0v) is 13.4. The van der Waals surface area contributed by atoms with Crippen LogP contribution in [0.5, 0.6) is 0 Å². The molecule has 2 atom stereocenters. The molecule has 0 bridgehead atoms. The maximum Gasteiger partial charge on any atom is 0.0583 e. The van der Waals surface area contributed by atoms with E-state index in [2.05, 4.69) is 26.3 Å². The smallest absolute Gasteiger partial charge is 0.0583 e. The van der Waals surface area contributed by atoms with E-state index in [1.165, 1.54) is 0 Å². The largest absolute Gasteiger partial charge is 0.393 e. The summed E-state index contributed by atoms with van der Waals surface area (Å²) in [7, 11) is 0. The summed E-state index contributed by atoms with van der Waals surface area (Å²) >= 11 is 0. The minimum absolute atomic E-state index is 0.174. The molecule has 2 saturated carbocycles. The van der Waals surface area contributed by atoms with Crippen molar-refractivity contribution >= 4 is 0 Å². The van der Waals surface area contributed by atoms with Gasteiger partial charge in [-0.05, 0) is 49.7 Å². The highest BCUT2D eigenvalue weighted by atomic mass is 16.3. The zero-order valence-electron chi connectivity index (χ0n) is 13.4. The lowest BCUT2D eigenvalue weighted by atomic mass is 9.88. The average Bonchev–Trinajstić information content (AvgIpc) is 2.48. The number of rotatable bonds is 2. The van der Waals surface area contributed by atoms with E-state index in [4.69, 9.17) is 0 Å². The van der Waals surface area contributed by atoms with Crippen LogP contribution in [0.4, 0.5) is 0 Å². The fraction of sp³-hybridized carbons (Fsp3) is 0.400. The highest BCUT2D eigenvalue weighted by molar-refractivity contribution is 5.34. The van der Waals surface area contributed by atoms with E-state index >= 15 is 0 Å². The van der Waals surface area contributed by atoms with Crippen molar-refractivity contribution in [3.05, 3.63) is 72.9 Å². The second-order valence-corrected chi connectivity index (χ2v) is 5.86. The molecule has 2 fully saturated rings. The molecule has 0 radical (unpaired) electrons. The van der Waals surface area contributed by atoms with Gasteiger partial charge in [0.05, 0.1) is 12.2 Å². The summed E-state index contributed by atoms with van der Waals surface area (Å²) in [5.41, 5.74) is 4.60. The van der Waals surface area contributed by atoms with Crippen LogP contribution in [0, 0.1) is 0 Å². The molecule has 2 unspecified atom stereocenters. The van der Waals surface area contributed by atoms with E-state index in [1.54, 1.807) is 12.2 Å². The molecule has 2 aliphatic rings. The van der Waals surface area contributed by atoms with Crippen molar-refractivity contribution in [3.8, 4) is 0 Å². The van der Waals surface area contributed by atoms with Crippen LogP contribution >= 0.6 is 0 Å². The summed E-state index contributed by atoms with van der Waals surface area (Å²) in [6, 6.07) is 0. The molecule has 0 spiro atoms. The van der Waals surface area contributed by atoms with Gasteiger partial charge in [0.1, 0.15) is 0 Å². The lowest BCUT2D eigenvalue weighted by molar-refractivity contribution is 0.158. The van der Waals surface area contributed by atoms with Gasteiger partial charge in [-0.1, -0.05) is 61.8 Å². The fourth-order valence-corrected chi connectivity index (χ4v) is 2.66. The maximum absolute atomic E-state index is 9.31. The number of allylic oxidation sites excluding steroid dienone is 6. The molecule has 0 aromatic heterocycles. The number of hydrogen-bond acceptors (Lipinski definition) is 2. The molecule has 0 aliphatic heterocycles. The van der Waals surface area contributed by atoms with Crippen LogP contribution in [-0.2, 0) is 0 Å². The van der Waals surface area contributed by atoms with Crippen LogP contribution in [0.2, 0.25) is 0 Å². The highest BCUT2D eigenvalue weighted by Gasteiger charge is 2.16. The molecule has 2 N–H and O–H groups in total. The van der Waals surface area contributed by atoms with Crippen molar-refractivity contribution in [2.75, 3.05) is 0 Å². The monoisotopic (exact) mass is 300 g/mol. The Morgan fingerprint density at radius 3 is 1.45 bits per heavy atom. The third-order valence-corrected chi connectivity index (χ3v) is 4.02. The molecule has 0 saturated heterocycles. The summed E-state index contributed by atoms with van der Waals surface area (Å²) in [5, 5.41) is 18.6. The van der Waals surface area contributed by atoms with Crippen molar-refractivity contribution in [1.29, 1.82) is 0 Å². The minimum Gasteiger partial charge on any atom is -0.393 e. The Labute approximate surface area is 134 Å². The molecule has 2 rings (SSSR count). The van der Waals surface area contributed by atoms with Crippen LogP contribution < -0.4 is 0 Å². The first-order valence-corrected chi connectivity index (χ1v) is 7.83. The summed E-state index contributed by atoms with van der Waals surface area (Å²) in [4.78, 5) is 0. The predicted octanol–water partition coefficient (Wildman–Crippen LogP) is 4.40. The van der Waals surface area contributed by atoms with Gasteiger partial charge in [0.15, 0.2) is 0 Å². The summed E-state index contributed by atoms with van der Waals surface area (Å²) in [6.45, 7) is 15.1. The van der Waals surface area contributed by atoms with Gasteiger partial charge in [-0.2, -0.15) is 0 Å². The summed E-state index contributed by atoms with van der Waals surface area (Å²) in [6.07, 6.45) is 12.0. The molecule has 0 heterocycles. The zero-order chi connectivity index (χ0) is 16.5. The van der Waals surface area contributed by atoms with Gasteiger partial charge in [0.2, 0.25) is 0 Å². The van der Waals surface area contributed by atoms with E-state index in [0.29, 0.717) is 0 Å². The molecule has 22 heavy (non-hydrogen) atoms. The van der Waals surface area contributed by atoms with Gasteiger partial charge >= 0.3 is 0 Å². The molecule has 0 aromatic carbocycles. The Bertz CT molecular complexity index is 448. The average molecular weight is 300 g/mol. The summed E-state index contributed by atoms with van der Waals surface area (Å²) < 4.78 is 0. The Balaban J connectivity index is 0.000000220. The Morgan fingerprint density at radius 2 is 1.14 bits per heavy atom. The number of aliphatic hydroxyl groups excluding tert-OH is 2. The van der Waals surface area contributed by atoms with E-state index < -0.39 is 0 Å². The predicted molar refractivity (Wildman–Crippen MR) is 94.6 cm³/mol. The SMILES string of the molecule is C=CC=C1CC(O)CCC1=C.C=CC=C1CC(O)CCC1=C. The normalized spacial score (nSPS) is 29.0. The van der Waals surface area contributed by atoms with Crippen molar-refractivity contribution in [1.82, 2.24) is 0 Å². The fourth-order valence-electron chi connectivity index (χ4n) is 2.66. The van der Waals surface area contributed by atoms with Crippen LogP contribution in [0.15, 0.2) is 72.9 Å². The van der Waals surface area contributed by atoms with Gasteiger partial charge in [-0.15, -0.1) is 0 Å². The molecule has 120 valence electrons. The van der Waals surface area contributed by atoms with Crippen molar-refractivity contribution in [2.24, 2.45) is 0 Å². The first-order valence-electron chi connectivity index (χ1n) is 7.83. The Kier molecular flexibility index (Phi) is 7.86. The Hall–Kier alpha value is -1.64. The van der Waals surface area contributed by atoms with E-state index in [-0.39, 0.29) is 12.2 Å². The molecular formula is C20H28O2. The summed E-state index contributed by atoms with van der Waals surface area (Å²) in [5.74, 6) is 0. The van der Waals surface area contributed by atoms with Gasteiger partial charge in [0.25, 0.3) is 0 Å². The lowest BCUT2D eigenvalue weighted by Crippen LogP contribution is -2.14. The van der Waals surface area contributed by atoms with E-state index in [0.717, 1.165) is 60.8 Å². The van der Waals surface area contributed by atoms with Crippen LogP contribution in [0.1, 0.15) is 38.5 Å². The first-order chi connectivity index (χ1) is 10.5. The highest BCUT2D eigenvalue weighted by Crippen LogP contribution is 2.28. The van der Waals surface area contributed by atoms with Gasteiger partial charge in [-0.25, -0.2) is 0 Å². The molecule has 0 amide bonds. The third-order valence-electron chi connectivity index (χ3n) is 4.02. The molecule has 2 heteroatoms. The molecular weight excluding hydrogens is 272 g/mol. The van der Waals surface area contributed by atoms with E-state index in [9.17, 15) is 10.2 Å². The first kappa shape index (κ1) is 18.4. The van der Waals surface area contributed by atoms with Crippen LogP contribution in [-0.4, -0.2) is 22.4 Å². The minimum atomic E-state index is -0.174. The van der Waals surface area contributed by atoms with Crippen molar-refractivity contribution in [2.45, 2.75) is 50.7 Å². The second-order valence-electron chi connectivity index (χ2n) is 5.86. The maximum atomic E-state index is 9.31. The second kappa shape index (κ2) is 9.39. The quantitative estimate of drug-likeness (QED) is 0.793. The van der Waals surface area contributed by atoms with Gasteiger partial charge < -0.3 is 10.2 Å². The molecule has 2 aliphatic carbocycles. The van der Waals surface area contributed by atoms with Crippen LogP contribution in [0.3, 0.4) is 0 Å². The van der Waals surface area contributed by atoms with Crippen molar-refractivity contribution < 1.29 is 10.2 Å². The standard InChI is InChI=1S/2C10H14O/c2*1-3-4-9-7-10(11)6-5-8(9)2/h2*3-4,10-11H,1-2,5-7H2. The number of hydrogen-bond donors (Lipinski definition) is 2. The van der Waals surface area contributed by atoms with Gasteiger partial charge in [0, 0.05) is 0 Å². The number of aliphatic hydroxyl groups is 2. The van der Waals surface area contributed by atoms with E-state index in [1.807, 2.05) is 12.2 Å². The van der Waals surface area contributed by atoms with Crippen LogP contribution in [0.25, 0.3) is 0 Å². The van der Waals surface area contributed by atoms with Gasteiger partial charge in [-0.3, -0.25) is 0 Å².